The second-order valence-corrected chi connectivity index (χ2v) is 10.1. The van der Waals surface area contributed by atoms with E-state index < -0.39 is 28.9 Å². The van der Waals surface area contributed by atoms with Crippen LogP contribution in [0.15, 0.2) is 88.4 Å². The zero-order chi connectivity index (χ0) is 30.2. The van der Waals surface area contributed by atoms with Crippen molar-refractivity contribution in [1.82, 2.24) is 10.7 Å². The quantitative estimate of drug-likeness (QED) is 0.120. The summed E-state index contributed by atoms with van der Waals surface area (Å²) in [5, 5.41) is 18.5. The Morgan fingerprint density at radius 3 is 2.52 bits per heavy atom. The molecule has 4 aromatic rings. The molecule has 0 aliphatic heterocycles. The molecule has 12 heteroatoms. The Morgan fingerprint density at radius 1 is 1.05 bits per heavy atom. The Bertz CT molecular complexity index is 1620. The van der Waals surface area contributed by atoms with Crippen LogP contribution in [0.25, 0.3) is 11.3 Å². The molecule has 0 saturated carbocycles. The van der Waals surface area contributed by atoms with E-state index in [4.69, 9.17) is 32.4 Å². The highest BCUT2D eigenvalue weighted by Gasteiger charge is 2.25. The van der Waals surface area contributed by atoms with Crippen molar-refractivity contribution >= 4 is 46.9 Å². The summed E-state index contributed by atoms with van der Waals surface area (Å²) in [5.74, 6) is -0.115. The summed E-state index contributed by atoms with van der Waals surface area (Å²) in [6.45, 7) is 3.35. The molecule has 216 valence electrons. The van der Waals surface area contributed by atoms with Crippen LogP contribution in [0.1, 0.15) is 23.8 Å². The van der Waals surface area contributed by atoms with Gasteiger partial charge in [0.15, 0.2) is 6.10 Å². The molecule has 4 rings (SSSR count). The topological polar surface area (TPSA) is 136 Å². The van der Waals surface area contributed by atoms with Crippen LogP contribution in [0.5, 0.6) is 5.75 Å². The number of benzene rings is 3. The Kier molecular flexibility index (Phi) is 9.95. The number of ether oxygens (including phenoxy) is 1. The fourth-order valence-electron chi connectivity index (χ4n) is 3.96. The maximum Gasteiger partial charge on any atom is 0.270 e. The number of non-ortho nitro benzene ring substituents is 1. The number of aryl methyl sites for hydroxylation is 1. The number of hydrazone groups is 1. The lowest BCUT2D eigenvalue weighted by molar-refractivity contribution is -0.384. The Morgan fingerprint density at radius 2 is 1.81 bits per heavy atom. The Hall–Kier alpha value is -4.67. The van der Waals surface area contributed by atoms with Crippen molar-refractivity contribution in [3.8, 4) is 17.1 Å². The third-order valence-electron chi connectivity index (χ3n) is 6.17. The predicted octanol–water partition coefficient (Wildman–Crippen LogP) is 6.12. The molecule has 0 spiro atoms. The molecule has 2 N–H and O–H groups in total. The van der Waals surface area contributed by atoms with Gasteiger partial charge in [-0.2, -0.15) is 5.10 Å². The van der Waals surface area contributed by atoms with Gasteiger partial charge in [-0.25, -0.2) is 5.43 Å². The van der Waals surface area contributed by atoms with Gasteiger partial charge in [-0.1, -0.05) is 59.6 Å². The second-order valence-electron chi connectivity index (χ2n) is 9.28. The van der Waals surface area contributed by atoms with Crippen LogP contribution >= 0.6 is 23.2 Å². The number of carbonyl (C=O) groups excluding carboxylic acids is 2. The summed E-state index contributed by atoms with van der Waals surface area (Å²) < 4.78 is 11.4. The first-order valence-electron chi connectivity index (χ1n) is 12.7. The molecule has 0 saturated heterocycles. The van der Waals surface area contributed by atoms with Crippen LogP contribution < -0.4 is 15.5 Å². The number of nitrogens with one attached hydrogen (secondary N) is 2. The van der Waals surface area contributed by atoms with Crippen molar-refractivity contribution in [2.45, 2.75) is 32.4 Å². The molecule has 0 fully saturated rings. The van der Waals surface area contributed by atoms with Gasteiger partial charge in [0.05, 0.1) is 16.2 Å². The first kappa shape index (κ1) is 30.3. The minimum absolute atomic E-state index is 0.0584. The summed E-state index contributed by atoms with van der Waals surface area (Å²) >= 11 is 12.1. The summed E-state index contributed by atoms with van der Waals surface area (Å²) in [6.07, 6.45) is 0.514. The molecule has 2 amide bonds. The SMILES string of the molecule is Cc1ccc([N+](=O)[O-])cc1-c1ccc(/C=N\NC(=O)[C@H](Cc2ccccc2)NC(=O)[C@H](C)Oc2ccc(Cl)cc2Cl)o1. The van der Waals surface area contributed by atoms with Crippen molar-refractivity contribution in [3.05, 3.63) is 116 Å². The largest absolute Gasteiger partial charge is 0.479 e. The Labute approximate surface area is 251 Å². The minimum atomic E-state index is -0.983. The average molecular weight is 609 g/mol. The van der Waals surface area contributed by atoms with Crippen LogP contribution in [-0.4, -0.2) is 35.1 Å². The number of nitro groups is 1. The molecular formula is C30H26Cl2N4O6. The van der Waals surface area contributed by atoms with E-state index in [1.165, 1.54) is 31.3 Å². The number of nitrogens with zero attached hydrogens (tertiary/aromatic N) is 2. The zero-order valence-corrected chi connectivity index (χ0v) is 24.1. The lowest BCUT2D eigenvalue weighted by atomic mass is 10.1. The van der Waals surface area contributed by atoms with Gasteiger partial charge in [-0.3, -0.25) is 19.7 Å². The van der Waals surface area contributed by atoms with Gasteiger partial charge >= 0.3 is 0 Å². The number of hydrogen-bond acceptors (Lipinski definition) is 7. The number of carbonyl (C=O) groups is 2. The predicted molar refractivity (Wildman–Crippen MR) is 160 cm³/mol. The van der Waals surface area contributed by atoms with Crippen molar-refractivity contribution in [1.29, 1.82) is 0 Å². The molecule has 0 bridgehead atoms. The van der Waals surface area contributed by atoms with Crippen molar-refractivity contribution in [2.24, 2.45) is 5.10 Å². The molecule has 0 radical (unpaired) electrons. The van der Waals surface area contributed by atoms with Gasteiger partial charge < -0.3 is 14.5 Å². The van der Waals surface area contributed by atoms with Crippen LogP contribution in [0.3, 0.4) is 0 Å². The normalized spacial score (nSPS) is 12.5. The van der Waals surface area contributed by atoms with Crippen molar-refractivity contribution in [3.63, 3.8) is 0 Å². The number of nitro benzene ring substituents is 1. The Balaban J connectivity index is 1.44. The molecule has 1 heterocycles. The number of halogens is 2. The summed E-state index contributed by atoms with van der Waals surface area (Å²) in [5.41, 5.74) is 4.55. The van der Waals surface area contributed by atoms with E-state index in [1.807, 2.05) is 37.3 Å². The third kappa shape index (κ3) is 7.96. The van der Waals surface area contributed by atoms with Crippen LogP contribution in [0, 0.1) is 17.0 Å². The van der Waals surface area contributed by atoms with E-state index in [1.54, 1.807) is 30.3 Å². The monoisotopic (exact) mass is 608 g/mol. The molecular weight excluding hydrogens is 583 g/mol. The van der Waals surface area contributed by atoms with E-state index in [2.05, 4.69) is 15.8 Å². The van der Waals surface area contributed by atoms with Crippen molar-refractivity contribution < 1.29 is 23.7 Å². The van der Waals surface area contributed by atoms with E-state index in [0.29, 0.717) is 22.1 Å². The van der Waals surface area contributed by atoms with E-state index >= 15 is 0 Å². The number of furan rings is 1. The molecule has 42 heavy (non-hydrogen) atoms. The smallest absolute Gasteiger partial charge is 0.270 e. The molecule has 0 unspecified atom stereocenters. The van der Waals surface area contributed by atoms with Gasteiger partial charge in [0.2, 0.25) is 0 Å². The van der Waals surface area contributed by atoms with Crippen LogP contribution in [0.4, 0.5) is 5.69 Å². The number of amides is 2. The molecule has 1 aromatic heterocycles. The van der Waals surface area contributed by atoms with Gasteiger partial charge in [0.25, 0.3) is 17.5 Å². The van der Waals surface area contributed by atoms with Crippen LogP contribution in [0.2, 0.25) is 10.0 Å². The van der Waals surface area contributed by atoms with Gasteiger partial charge in [0.1, 0.15) is 23.3 Å². The van der Waals surface area contributed by atoms with E-state index in [9.17, 15) is 19.7 Å². The van der Waals surface area contributed by atoms with Gasteiger partial charge in [0, 0.05) is 29.1 Å². The lowest BCUT2D eigenvalue weighted by Gasteiger charge is -2.21. The van der Waals surface area contributed by atoms with Gasteiger partial charge in [-0.15, -0.1) is 0 Å². The minimum Gasteiger partial charge on any atom is -0.479 e. The van der Waals surface area contributed by atoms with Gasteiger partial charge in [-0.05, 0) is 55.3 Å². The maximum atomic E-state index is 13.1. The highest BCUT2D eigenvalue weighted by molar-refractivity contribution is 6.35. The number of rotatable bonds is 11. The van der Waals surface area contributed by atoms with Crippen LogP contribution in [-0.2, 0) is 16.0 Å². The fourth-order valence-corrected chi connectivity index (χ4v) is 4.41. The first-order chi connectivity index (χ1) is 20.1. The summed E-state index contributed by atoms with van der Waals surface area (Å²) in [6, 6.07) is 20.6. The molecule has 2 atom stereocenters. The van der Waals surface area contributed by atoms with E-state index in [0.717, 1.165) is 11.1 Å². The third-order valence-corrected chi connectivity index (χ3v) is 6.70. The summed E-state index contributed by atoms with van der Waals surface area (Å²) in [7, 11) is 0. The average Bonchev–Trinajstić information content (AvgIpc) is 3.43. The van der Waals surface area contributed by atoms with Crippen molar-refractivity contribution in [2.75, 3.05) is 0 Å². The number of hydrogen-bond donors (Lipinski definition) is 2. The molecule has 10 nitrogen and oxygen atoms in total. The zero-order valence-electron chi connectivity index (χ0n) is 22.5. The maximum absolute atomic E-state index is 13.1. The molecule has 0 aliphatic rings. The first-order valence-corrected chi connectivity index (χ1v) is 13.5. The lowest BCUT2D eigenvalue weighted by Crippen LogP contribution is -2.50. The highest BCUT2D eigenvalue weighted by atomic mass is 35.5. The molecule has 3 aromatic carbocycles. The molecule has 0 aliphatic carbocycles. The highest BCUT2D eigenvalue weighted by Crippen LogP contribution is 2.29. The standard InChI is InChI=1S/C30H26Cl2N4O6/c1-18-8-10-22(36(39)40)16-24(18)27-13-11-23(42-27)17-33-35-30(38)26(14-20-6-4-3-5-7-20)34-29(37)19(2)41-28-12-9-21(31)15-25(28)32/h3-13,15-17,19,26H,14H2,1-2H3,(H,34,37)(H,35,38)/b33-17-/t19-,26-/m0/s1. The summed E-state index contributed by atoms with van der Waals surface area (Å²) in [4.78, 5) is 36.8. The second kappa shape index (κ2) is 13.8. The van der Waals surface area contributed by atoms with E-state index in [-0.39, 0.29) is 22.9 Å². The fraction of sp³-hybridized carbons (Fsp3) is 0.167.